The second-order valence-electron chi connectivity index (χ2n) is 4.17. The Kier molecular flexibility index (Phi) is 4.36. The van der Waals surface area contributed by atoms with E-state index in [0.29, 0.717) is 11.5 Å². The molecule has 0 saturated carbocycles. The molecule has 0 bridgehead atoms. The second-order valence-corrected chi connectivity index (χ2v) is 4.17. The van der Waals surface area contributed by atoms with Crippen molar-refractivity contribution in [1.82, 2.24) is 0 Å². The van der Waals surface area contributed by atoms with Gasteiger partial charge in [-0.3, -0.25) is 0 Å². The first-order valence-corrected chi connectivity index (χ1v) is 6.07. The van der Waals surface area contributed by atoms with E-state index >= 15 is 0 Å². The lowest BCUT2D eigenvalue weighted by Crippen LogP contribution is -1.95. The number of rotatable bonds is 5. The molecule has 0 aliphatic carbocycles. The topological polar surface area (TPSA) is 83.8 Å². The Labute approximate surface area is 120 Å². The van der Waals surface area contributed by atoms with Gasteiger partial charge in [0.1, 0.15) is 11.5 Å². The molecule has 5 nitrogen and oxygen atoms in total. The van der Waals surface area contributed by atoms with Crippen LogP contribution in [0, 0.1) is 0 Å². The van der Waals surface area contributed by atoms with Crippen molar-refractivity contribution in [1.29, 1.82) is 0 Å². The van der Waals surface area contributed by atoms with E-state index in [1.165, 1.54) is 18.2 Å². The summed E-state index contributed by atoms with van der Waals surface area (Å²) in [5.41, 5.74) is 0.933. The van der Waals surface area contributed by atoms with Crippen molar-refractivity contribution >= 4 is 18.0 Å². The fourth-order valence-electron chi connectivity index (χ4n) is 1.62. The molecule has 2 N–H and O–H groups in total. The quantitative estimate of drug-likeness (QED) is 0.823. The van der Waals surface area contributed by atoms with Crippen molar-refractivity contribution in [3.05, 3.63) is 65.7 Å². The molecule has 21 heavy (non-hydrogen) atoms. The van der Waals surface area contributed by atoms with E-state index in [2.05, 4.69) is 0 Å². The van der Waals surface area contributed by atoms with Crippen LogP contribution in [0.15, 0.2) is 54.6 Å². The van der Waals surface area contributed by atoms with E-state index in [4.69, 9.17) is 14.9 Å². The van der Waals surface area contributed by atoms with Gasteiger partial charge in [-0.1, -0.05) is 12.1 Å². The number of carboxylic acid groups (broad SMARTS) is 2. The number of ether oxygens (including phenoxy) is 1. The summed E-state index contributed by atoms with van der Waals surface area (Å²) in [7, 11) is 0. The van der Waals surface area contributed by atoms with Crippen molar-refractivity contribution < 1.29 is 24.5 Å². The highest BCUT2D eigenvalue weighted by Gasteiger charge is 2.03. The Morgan fingerprint density at radius 3 is 1.86 bits per heavy atom. The molecule has 0 spiro atoms. The highest BCUT2D eigenvalue weighted by Crippen LogP contribution is 2.22. The van der Waals surface area contributed by atoms with Gasteiger partial charge in [0.25, 0.3) is 0 Å². The van der Waals surface area contributed by atoms with Crippen LogP contribution in [-0.4, -0.2) is 22.2 Å². The molecular weight excluding hydrogens is 272 g/mol. The molecule has 0 aliphatic heterocycles. The van der Waals surface area contributed by atoms with Crippen LogP contribution in [0.3, 0.4) is 0 Å². The third-order valence-corrected chi connectivity index (χ3v) is 2.64. The number of carbonyl (C=O) groups is 2. The Hall–Kier alpha value is -3.08. The van der Waals surface area contributed by atoms with Gasteiger partial charge in [0.2, 0.25) is 0 Å². The van der Waals surface area contributed by atoms with E-state index in [-0.39, 0.29) is 5.56 Å². The highest BCUT2D eigenvalue weighted by molar-refractivity contribution is 5.87. The van der Waals surface area contributed by atoms with E-state index in [1.54, 1.807) is 36.4 Å². The van der Waals surface area contributed by atoms with Gasteiger partial charge in [0.15, 0.2) is 0 Å². The predicted octanol–water partition coefficient (Wildman–Crippen LogP) is 3.27. The molecule has 2 aromatic rings. The first-order chi connectivity index (χ1) is 10.0. The zero-order valence-corrected chi connectivity index (χ0v) is 10.9. The van der Waals surface area contributed by atoms with E-state index in [9.17, 15) is 9.59 Å². The average molecular weight is 284 g/mol. The number of carboxylic acids is 2. The number of aliphatic carboxylic acids is 1. The molecule has 2 rings (SSSR count). The van der Waals surface area contributed by atoms with Crippen LogP contribution in [0.1, 0.15) is 15.9 Å². The van der Waals surface area contributed by atoms with Crippen molar-refractivity contribution in [2.45, 2.75) is 0 Å². The van der Waals surface area contributed by atoms with Gasteiger partial charge in [0, 0.05) is 6.08 Å². The van der Waals surface area contributed by atoms with E-state index in [1.807, 2.05) is 0 Å². The maximum atomic E-state index is 10.7. The lowest BCUT2D eigenvalue weighted by molar-refractivity contribution is -0.131. The number of benzene rings is 2. The lowest BCUT2D eigenvalue weighted by Gasteiger charge is -2.06. The van der Waals surface area contributed by atoms with Crippen molar-refractivity contribution in [2.75, 3.05) is 0 Å². The SMILES string of the molecule is O=C(O)C=Cc1ccc(Oc2ccc(C(=O)O)cc2)cc1. The van der Waals surface area contributed by atoms with Gasteiger partial charge in [-0.05, 0) is 48.0 Å². The largest absolute Gasteiger partial charge is 0.478 e. The molecule has 2 aromatic carbocycles. The van der Waals surface area contributed by atoms with Crippen LogP contribution >= 0.6 is 0 Å². The number of hydrogen-bond donors (Lipinski definition) is 2. The maximum Gasteiger partial charge on any atom is 0.335 e. The molecular formula is C16H12O5. The first-order valence-electron chi connectivity index (χ1n) is 6.07. The highest BCUT2D eigenvalue weighted by atomic mass is 16.5. The Balaban J connectivity index is 2.06. The zero-order chi connectivity index (χ0) is 15.2. The van der Waals surface area contributed by atoms with Crippen LogP contribution in [0.25, 0.3) is 6.08 Å². The molecule has 0 heterocycles. The minimum atomic E-state index is -1.01. The number of aromatic carboxylic acids is 1. The predicted molar refractivity (Wildman–Crippen MR) is 76.6 cm³/mol. The molecule has 0 unspecified atom stereocenters. The molecule has 0 amide bonds. The minimum Gasteiger partial charge on any atom is -0.478 e. The lowest BCUT2D eigenvalue weighted by atomic mass is 10.2. The Morgan fingerprint density at radius 2 is 1.38 bits per heavy atom. The summed E-state index contributed by atoms with van der Waals surface area (Å²) in [6.07, 6.45) is 2.54. The molecule has 0 aliphatic rings. The maximum absolute atomic E-state index is 10.7. The summed E-state index contributed by atoms with van der Waals surface area (Å²) in [6.45, 7) is 0. The molecule has 0 radical (unpaired) electrons. The Morgan fingerprint density at radius 1 is 0.857 bits per heavy atom. The molecule has 0 saturated heterocycles. The first kappa shape index (κ1) is 14.3. The van der Waals surface area contributed by atoms with E-state index < -0.39 is 11.9 Å². The van der Waals surface area contributed by atoms with Gasteiger partial charge >= 0.3 is 11.9 Å². The average Bonchev–Trinajstić information content (AvgIpc) is 2.47. The standard InChI is InChI=1S/C16H12O5/c17-15(18)10-3-11-1-6-13(7-2-11)21-14-8-4-12(5-9-14)16(19)20/h1-10H,(H,17,18)(H,19,20). The van der Waals surface area contributed by atoms with Gasteiger partial charge in [-0.15, -0.1) is 0 Å². The smallest absolute Gasteiger partial charge is 0.335 e. The summed E-state index contributed by atoms with van der Waals surface area (Å²) >= 11 is 0. The van der Waals surface area contributed by atoms with Crippen molar-refractivity contribution in [3.63, 3.8) is 0 Å². The van der Waals surface area contributed by atoms with Crippen LogP contribution < -0.4 is 4.74 Å². The minimum absolute atomic E-state index is 0.191. The number of hydrogen-bond acceptors (Lipinski definition) is 3. The van der Waals surface area contributed by atoms with Crippen LogP contribution in [0.5, 0.6) is 11.5 Å². The molecule has 0 aromatic heterocycles. The summed E-state index contributed by atoms with van der Waals surface area (Å²) in [5.74, 6) is -0.899. The normalized spacial score (nSPS) is 10.5. The summed E-state index contributed by atoms with van der Waals surface area (Å²) in [5, 5.41) is 17.3. The van der Waals surface area contributed by atoms with Gasteiger partial charge in [0.05, 0.1) is 5.56 Å². The van der Waals surface area contributed by atoms with Gasteiger partial charge < -0.3 is 14.9 Å². The van der Waals surface area contributed by atoms with Gasteiger partial charge in [-0.2, -0.15) is 0 Å². The molecule has 0 fully saturated rings. The fraction of sp³-hybridized carbons (Fsp3) is 0. The van der Waals surface area contributed by atoms with E-state index in [0.717, 1.165) is 11.6 Å². The fourth-order valence-corrected chi connectivity index (χ4v) is 1.62. The van der Waals surface area contributed by atoms with Crippen molar-refractivity contribution in [3.8, 4) is 11.5 Å². The molecule has 106 valence electrons. The van der Waals surface area contributed by atoms with Crippen LogP contribution in [-0.2, 0) is 4.79 Å². The third kappa shape index (κ3) is 4.21. The second kappa shape index (κ2) is 6.38. The Bertz CT molecular complexity index is 669. The summed E-state index contributed by atoms with van der Waals surface area (Å²) in [4.78, 5) is 21.1. The van der Waals surface area contributed by atoms with Crippen LogP contribution in [0.2, 0.25) is 0 Å². The molecule has 0 atom stereocenters. The summed E-state index contributed by atoms with van der Waals surface area (Å²) in [6, 6.07) is 12.9. The molecule has 5 heteroatoms. The monoisotopic (exact) mass is 284 g/mol. The van der Waals surface area contributed by atoms with Crippen molar-refractivity contribution in [2.24, 2.45) is 0 Å². The third-order valence-electron chi connectivity index (χ3n) is 2.64. The van der Waals surface area contributed by atoms with Gasteiger partial charge in [-0.25, -0.2) is 9.59 Å². The van der Waals surface area contributed by atoms with Crippen LogP contribution in [0.4, 0.5) is 0 Å². The summed E-state index contributed by atoms with van der Waals surface area (Å²) < 4.78 is 5.56. The zero-order valence-electron chi connectivity index (χ0n) is 10.9.